The first-order valence-electron chi connectivity index (χ1n) is 6.10. The number of rotatable bonds is 4. The lowest BCUT2D eigenvalue weighted by atomic mass is 10.1. The molecule has 0 aliphatic carbocycles. The Morgan fingerprint density at radius 1 is 1.47 bits per heavy atom. The van der Waals surface area contributed by atoms with Gasteiger partial charge in [0.1, 0.15) is 0 Å². The second kappa shape index (κ2) is 6.45. The summed E-state index contributed by atoms with van der Waals surface area (Å²) in [7, 11) is 0. The Hall–Kier alpha value is 0.290. The first-order chi connectivity index (χ1) is 8.20. The number of hydrogen-bond acceptors (Lipinski definition) is 5. The van der Waals surface area contributed by atoms with E-state index in [-0.39, 0.29) is 6.04 Å². The van der Waals surface area contributed by atoms with Crippen LogP contribution >= 0.6 is 34.9 Å². The molecular formula is C12H20N2S3. The largest absolute Gasteiger partial charge is 0.326 e. The summed E-state index contributed by atoms with van der Waals surface area (Å²) < 4.78 is 0. The number of aryl methyl sites for hydroxylation is 1. The van der Waals surface area contributed by atoms with E-state index in [0.717, 1.165) is 17.4 Å². The van der Waals surface area contributed by atoms with Gasteiger partial charge in [-0.2, -0.15) is 23.5 Å². The van der Waals surface area contributed by atoms with Gasteiger partial charge in [0.2, 0.25) is 0 Å². The molecule has 3 atom stereocenters. The van der Waals surface area contributed by atoms with E-state index < -0.39 is 0 Å². The van der Waals surface area contributed by atoms with Gasteiger partial charge < -0.3 is 5.73 Å². The number of nitrogens with two attached hydrogens (primary N) is 1. The van der Waals surface area contributed by atoms with Gasteiger partial charge in [-0.25, -0.2) is 4.98 Å². The molecular weight excluding hydrogens is 268 g/mol. The number of aromatic nitrogens is 1. The highest BCUT2D eigenvalue weighted by atomic mass is 32.2. The van der Waals surface area contributed by atoms with Gasteiger partial charge in [0.05, 0.1) is 5.01 Å². The molecule has 96 valence electrons. The zero-order valence-electron chi connectivity index (χ0n) is 10.4. The molecule has 0 saturated carbocycles. The molecule has 0 aromatic carbocycles. The van der Waals surface area contributed by atoms with Crippen molar-refractivity contribution in [2.75, 3.05) is 11.5 Å². The molecule has 2 N–H and O–H groups in total. The lowest BCUT2D eigenvalue weighted by molar-refractivity contribution is 0.596. The lowest BCUT2D eigenvalue weighted by Crippen LogP contribution is -2.43. The van der Waals surface area contributed by atoms with Gasteiger partial charge >= 0.3 is 0 Å². The molecule has 5 heteroatoms. The first-order valence-corrected chi connectivity index (χ1v) is 9.08. The third-order valence-electron chi connectivity index (χ3n) is 2.99. The normalized spacial score (nSPS) is 27.0. The van der Waals surface area contributed by atoms with Gasteiger partial charge in [-0.1, -0.05) is 6.92 Å². The van der Waals surface area contributed by atoms with Gasteiger partial charge in [-0.15, -0.1) is 11.3 Å². The van der Waals surface area contributed by atoms with Crippen molar-refractivity contribution in [1.82, 2.24) is 4.98 Å². The molecule has 0 spiro atoms. The standard InChI is InChI=1S/C12H20N2S3/c1-3-10-12(16-5-4-15-10)9(13)6-11-14-8(2)7-17-11/h7,9-10,12H,3-6,13H2,1-2H3. The van der Waals surface area contributed by atoms with Crippen molar-refractivity contribution >= 4 is 34.9 Å². The topological polar surface area (TPSA) is 38.9 Å². The Bertz CT molecular complexity index is 353. The predicted octanol–water partition coefficient (Wildman–Crippen LogP) is 2.95. The van der Waals surface area contributed by atoms with Gasteiger partial charge in [-0.3, -0.25) is 0 Å². The molecule has 0 bridgehead atoms. The van der Waals surface area contributed by atoms with Crippen LogP contribution in [-0.4, -0.2) is 33.0 Å². The minimum atomic E-state index is 0.253. The summed E-state index contributed by atoms with van der Waals surface area (Å²) in [5.41, 5.74) is 7.51. The summed E-state index contributed by atoms with van der Waals surface area (Å²) in [5, 5.41) is 4.64. The maximum absolute atomic E-state index is 6.39. The van der Waals surface area contributed by atoms with Crippen molar-refractivity contribution in [2.24, 2.45) is 5.73 Å². The number of thiazole rings is 1. The Morgan fingerprint density at radius 2 is 2.24 bits per heavy atom. The van der Waals surface area contributed by atoms with E-state index in [1.165, 1.54) is 22.9 Å². The van der Waals surface area contributed by atoms with Crippen molar-refractivity contribution in [2.45, 2.75) is 43.2 Å². The monoisotopic (exact) mass is 288 g/mol. The van der Waals surface area contributed by atoms with Gasteiger partial charge in [0.15, 0.2) is 0 Å². The van der Waals surface area contributed by atoms with Crippen LogP contribution in [0.25, 0.3) is 0 Å². The highest BCUT2D eigenvalue weighted by Gasteiger charge is 2.30. The second-order valence-corrected chi connectivity index (χ2v) is 7.98. The van der Waals surface area contributed by atoms with E-state index in [9.17, 15) is 0 Å². The molecule has 0 radical (unpaired) electrons. The summed E-state index contributed by atoms with van der Waals surface area (Å²) in [6.07, 6.45) is 2.17. The van der Waals surface area contributed by atoms with E-state index in [4.69, 9.17) is 5.73 Å². The van der Waals surface area contributed by atoms with Crippen molar-refractivity contribution < 1.29 is 0 Å². The van der Waals surface area contributed by atoms with Crippen molar-refractivity contribution in [3.63, 3.8) is 0 Å². The minimum Gasteiger partial charge on any atom is -0.326 e. The molecule has 1 aromatic heterocycles. The summed E-state index contributed by atoms with van der Waals surface area (Å²) in [6.45, 7) is 4.32. The molecule has 17 heavy (non-hydrogen) atoms. The summed E-state index contributed by atoms with van der Waals surface area (Å²) in [4.78, 5) is 4.52. The van der Waals surface area contributed by atoms with Crippen molar-refractivity contribution in [3.05, 3.63) is 16.1 Å². The quantitative estimate of drug-likeness (QED) is 0.924. The van der Waals surface area contributed by atoms with E-state index >= 15 is 0 Å². The molecule has 2 heterocycles. The average Bonchev–Trinajstić information content (AvgIpc) is 2.74. The number of thioether (sulfide) groups is 2. The molecule has 1 fully saturated rings. The van der Waals surface area contributed by atoms with E-state index in [1.54, 1.807) is 11.3 Å². The summed E-state index contributed by atoms with van der Waals surface area (Å²) in [5.74, 6) is 2.53. The number of hydrogen-bond donors (Lipinski definition) is 1. The van der Waals surface area contributed by atoms with Gasteiger partial charge in [0.25, 0.3) is 0 Å². The summed E-state index contributed by atoms with van der Waals surface area (Å²) in [6, 6.07) is 0.253. The van der Waals surface area contributed by atoms with E-state index in [2.05, 4.69) is 40.8 Å². The molecule has 1 aliphatic heterocycles. The Kier molecular flexibility index (Phi) is 5.21. The molecule has 2 nitrogen and oxygen atoms in total. The van der Waals surface area contributed by atoms with Crippen LogP contribution in [0.1, 0.15) is 24.0 Å². The predicted molar refractivity (Wildman–Crippen MR) is 81.3 cm³/mol. The molecule has 0 amide bonds. The van der Waals surface area contributed by atoms with Crippen LogP contribution < -0.4 is 5.73 Å². The first kappa shape index (κ1) is 13.7. The van der Waals surface area contributed by atoms with Crippen LogP contribution in [0.4, 0.5) is 0 Å². The number of nitrogens with zero attached hydrogens (tertiary/aromatic N) is 1. The van der Waals surface area contributed by atoms with Crippen molar-refractivity contribution in [3.8, 4) is 0 Å². The van der Waals surface area contributed by atoms with Crippen LogP contribution in [0.15, 0.2) is 5.38 Å². The highest BCUT2D eigenvalue weighted by Crippen LogP contribution is 2.35. The smallest absolute Gasteiger partial charge is 0.0943 e. The SMILES string of the molecule is CCC1SCCSC1C(N)Cc1nc(C)cs1. The lowest BCUT2D eigenvalue weighted by Gasteiger charge is -2.33. The fourth-order valence-corrected chi connectivity index (χ4v) is 6.19. The Balaban J connectivity index is 1.95. The highest BCUT2D eigenvalue weighted by molar-refractivity contribution is 8.07. The maximum atomic E-state index is 6.39. The molecule has 1 saturated heterocycles. The Morgan fingerprint density at radius 3 is 2.88 bits per heavy atom. The molecule has 2 rings (SSSR count). The molecule has 1 aromatic rings. The summed E-state index contributed by atoms with van der Waals surface area (Å²) >= 11 is 5.90. The van der Waals surface area contributed by atoms with Gasteiger partial charge in [0, 0.05) is 45.5 Å². The van der Waals surface area contributed by atoms with Crippen LogP contribution in [0.2, 0.25) is 0 Å². The van der Waals surface area contributed by atoms with E-state index in [0.29, 0.717) is 5.25 Å². The Labute approximate surface area is 116 Å². The third-order valence-corrected chi connectivity index (χ3v) is 7.41. The second-order valence-electron chi connectivity index (χ2n) is 4.40. The minimum absolute atomic E-state index is 0.253. The van der Waals surface area contributed by atoms with Crippen LogP contribution in [0.3, 0.4) is 0 Å². The van der Waals surface area contributed by atoms with Gasteiger partial charge in [-0.05, 0) is 13.3 Å². The maximum Gasteiger partial charge on any atom is 0.0943 e. The molecule has 1 aliphatic rings. The van der Waals surface area contributed by atoms with Crippen LogP contribution in [0.5, 0.6) is 0 Å². The third kappa shape index (κ3) is 3.63. The fraction of sp³-hybridized carbons (Fsp3) is 0.750. The van der Waals surface area contributed by atoms with Crippen LogP contribution in [-0.2, 0) is 6.42 Å². The van der Waals surface area contributed by atoms with E-state index in [1.807, 2.05) is 6.92 Å². The molecule has 3 unspecified atom stereocenters. The average molecular weight is 289 g/mol. The zero-order valence-corrected chi connectivity index (χ0v) is 12.8. The zero-order chi connectivity index (χ0) is 12.3. The fourth-order valence-electron chi connectivity index (χ4n) is 2.15. The van der Waals surface area contributed by atoms with Crippen molar-refractivity contribution in [1.29, 1.82) is 0 Å². The van der Waals surface area contributed by atoms with Crippen LogP contribution in [0, 0.1) is 6.92 Å².